The highest BCUT2D eigenvalue weighted by molar-refractivity contribution is 7.11. The number of amides is 1. The molecule has 0 aliphatic heterocycles. The molecule has 1 amide bonds. The summed E-state index contributed by atoms with van der Waals surface area (Å²) in [5, 5.41) is 1.76. The van der Waals surface area contributed by atoms with Gasteiger partial charge in [-0.25, -0.2) is 9.78 Å². The first-order valence-electron chi connectivity index (χ1n) is 6.06. The molecule has 19 heavy (non-hydrogen) atoms. The lowest BCUT2D eigenvalue weighted by molar-refractivity contribution is 0.0525. The summed E-state index contributed by atoms with van der Waals surface area (Å²) in [6.45, 7) is 5.49. The molecule has 7 heteroatoms. The van der Waals surface area contributed by atoms with Gasteiger partial charge in [-0.3, -0.25) is 4.79 Å². The van der Waals surface area contributed by atoms with E-state index >= 15 is 0 Å². The summed E-state index contributed by atoms with van der Waals surface area (Å²) in [5.41, 5.74) is 0.257. The van der Waals surface area contributed by atoms with Crippen LogP contribution in [0.25, 0.3) is 0 Å². The van der Waals surface area contributed by atoms with Gasteiger partial charge in [0.1, 0.15) is 5.69 Å². The lowest BCUT2D eigenvalue weighted by Crippen LogP contribution is -2.30. The molecule has 0 aromatic carbocycles. The molecule has 106 valence electrons. The number of hydrogen-bond donors (Lipinski definition) is 0. The number of rotatable bonds is 7. The Hall–Kier alpha value is -1.47. The molecular weight excluding hydrogens is 268 g/mol. The predicted molar refractivity (Wildman–Crippen MR) is 71.5 cm³/mol. The molecule has 6 nitrogen and oxygen atoms in total. The maximum atomic E-state index is 12.0. The van der Waals surface area contributed by atoms with Crippen LogP contribution in [0.3, 0.4) is 0 Å². The molecule has 0 spiro atoms. The highest BCUT2D eigenvalue weighted by atomic mass is 32.1. The molecule has 1 rings (SSSR count). The summed E-state index contributed by atoms with van der Waals surface area (Å²) < 4.78 is 10.0. The van der Waals surface area contributed by atoms with Crippen LogP contribution in [-0.2, 0) is 9.47 Å². The average Bonchev–Trinajstić information content (AvgIpc) is 2.88. The van der Waals surface area contributed by atoms with Crippen LogP contribution in [0.1, 0.15) is 34.1 Å². The van der Waals surface area contributed by atoms with Crippen LogP contribution in [0, 0.1) is 0 Å². The Bertz CT molecular complexity index is 433. The predicted octanol–water partition coefficient (Wildman–Crippen LogP) is 1.43. The molecule has 0 fully saturated rings. The van der Waals surface area contributed by atoms with Crippen LogP contribution in [0.5, 0.6) is 0 Å². The Labute approximate surface area is 116 Å². The minimum absolute atomic E-state index is 0.198. The lowest BCUT2D eigenvalue weighted by Gasteiger charge is -2.15. The summed E-state index contributed by atoms with van der Waals surface area (Å²) in [4.78, 5) is 28.9. The summed E-state index contributed by atoms with van der Waals surface area (Å²) >= 11 is 1.11. The van der Waals surface area contributed by atoms with Crippen LogP contribution < -0.4 is 0 Å². The van der Waals surface area contributed by atoms with E-state index in [1.165, 1.54) is 4.90 Å². The van der Waals surface area contributed by atoms with Crippen molar-refractivity contribution < 1.29 is 19.1 Å². The van der Waals surface area contributed by atoms with E-state index in [1.54, 1.807) is 19.4 Å². The maximum Gasteiger partial charge on any atom is 0.367 e. The Balaban J connectivity index is 2.60. The van der Waals surface area contributed by atoms with Gasteiger partial charge < -0.3 is 14.4 Å². The third-order valence-electron chi connectivity index (χ3n) is 2.30. The van der Waals surface area contributed by atoms with Crippen LogP contribution in [0.15, 0.2) is 5.38 Å². The third kappa shape index (κ3) is 4.60. The highest BCUT2D eigenvalue weighted by Gasteiger charge is 2.18. The van der Waals surface area contributed by atoms with Crippen LogP contribution >= 0.6 is 11.3 Å². The first kappa shape index (κ1) is 15.6. The van der Waals surface area contributed by atoms with Gasteiger partial charge in [-0.15, -0.1) is 11.3 Å². The number of esters is 1. The zero-order valence-electron chi connectivity index (χ0n) is 11.3. The summed E-state index contributed by atoms with van der Waals surface area (Å²) in [6.07, 6.45) is 0. The van der Waals surface area contributed by atoms with Crippen LogP contribution in [-0.4, -0.2) is 55.2 Å². The molecule has 0 aliphatic rings. The first-order valence-corrected chi connectivity index (χ1v) is 6.94. The second-order valence-corrected chi connectivity index (χ2v) is 4.54. The van der Waals surface area contributed by atoms with E-state index in [0.29, 0.717) is 19.8 Å². The third-order valence-corrected chi connectivity index (χ3v) is 3.12. The number of aromatic nitrogens is 1. The normalized spacial score (nSPS) is 10.3. The monoisotopic (exact) mass is 286 g/mol. The fourth-order valence-electron chi connectivity index (χ4n) is 1.30. The number of carbonyl (C=O) groups is 2. The molecule has 0 aliphatic carbocycles. The Morgan fingerprint density at radius 1 is 1.37 bits per heavy atom. The van der Waals surface area contributed by atoms with Gasteiger partial charge in [0.05, 0.1) is 13.2 Å². The van der Waals surface area contributed by atoms with Gasteiger partial charge in [0.25, 0.3) is 5.91 Å². The largest absolute Gasteiger partial charge is 0.461 e. The quantitative estimate of drug-likeness (QED) is 0.560. The second-order valence-electron chi connectivity index (χ2n) is 3.68. The van der Waals surface area contributed by atoms with E-state index < -0.39 is 5.97 Å². The van der Waals surface area contributed by atoms with Crippen molar-refractivity contribution in [1.82, 2.24) is 9.88 Å². The van der Waals surface area contributed by atoms with E-state index in [-0.39, 0.29) is 23.2 Å². The van der Waals surface area contributed by atoms with Crippen molar-refractivity contribution in [3.63, 3.8) is 0 Å². The van der Waals surface area contributed by atoms with Crippen LogP contribution in [0.4, 0.5) is 0 Å². The fraction of sp³-hybridized carbons (Fsp3) is 0.583. The van der Waals surface area contributed by atoms with Gasteiger partial charge in [-0.1, -0.05) is 0 Å². The average molecular weight is 286 g/mol. The highest BCUT2D eigenvalue weighted by Crippen LogP contribution is 2.12. The molecule has 0 N–H and O–H groups in total. The summed E-state index contributed by atoms with van der Waals surface area (Å²) in [6, 6.07) is 0. The molecule has 1 heterocycles. The number of nitrogens with zero attached hydrogens (tertiary/aromatic N) is 2. The Morgan fingerprint density at radius 3 is 2.74 bits per heavy atom. The number of ether oxygens (including phenoxy) is 2. The second kappa shape index (κ2) is 7.85. The Kier molecular flexibility index (Phi) is 6.44. The van der Waals surface area contributed by atoms with Gasteiger partial charge in [-0.05, 0) is 13.8 Å². The minimum atomic E-state index is -0.497. The zero-order chi connectivity index (χ0) is 14.3. The van der Waals surface area contributed by atoms with Gasteiger partial charge in [-0.2, -0.15) is 0 Å². The van der Waals surface area contributed by atoms with Gasteiger partial charge in [0.2, 0.25) is 5.01 Å². The minimum Gasteiger partial charge on any atom is -0.461 e. The van der Waals surface area contributed by atoms with E-state index in [0.717, 1.165) is 11.3 Å². The van der Waals surface area contributed by atoms with E-state index in [1.807, 2.05) is 6.92 Å². The molecule has 0 atom stereocenters. The van der Waals surface area contributed by atoms with Crippen LogP contribution in [0.2, 0.25) is 0 Å². The summed E-state index contributed by atoms with van der Waals surface area (Å²) in [7, 11) is 1.67. The zero-order valence-corrected chi connectivity index (χ0v) is 12.2. The van der Waals surface area contributed by atoms with Crippen molar-refractivity contribution in [3.8, 4) is 0 Å². The molecule has 0 unspecified atom stereocenters. The molecule has 0 radical (unpaired) electrons. The van der Waals surface area contributed by atoms with Crippen molar-refractivity contribution in [2.45, 2.75) is 13.8 Å². The van der Waals surface area contributed by atoms with Crippen molar-refractivity contribution >= 4 is 23.2 Å². The maximum absolute atomic E-state index is 12.0. The van der Waals surface area contributed by atoms with Crippen molar-refractivity contribution in [2.75, 3.05) is 33.4 Å². The smallest absolute Gasteiger partial charge is 0.367 e. The molecule has 0 bridgehead atoms. The number of likely N-dealkylation sites (N-methyl/N-ethyl adjacent to an activating group) is 1. The SMILES string of the molecule is CCOCCN(C)C(=O)c1csc(C(=O)OCC)n1. The molecule has 1 aromatic heterocycles. The Morgan fingerprint density at radius 2 is 2.11 bits per heavy atom. The lowest BCUT2D eigenvalue weighted by atomic mass is 10.4. The number of carbonyl (C=O) groups excluding carboxylic acids is 2. The molecule has 0 saturated heterocycles. The first-order chi connectivity index (χ1) is 9.10. The van der Waals surface area contributed by atoms with Gasteiger partial charge in [0, 0.05) is 25.6 Å². The fourth-order valence-corrected chi connectivity index (χ4v) is 1.98. The summed E-state index contributed by atoms with van der Waals surface area (Å²) in [5.74, 6) is -0.727. The van der Waals surface area contributed by atoms with E-state index in [2.05, 4.69) is 4.98 Å². The van der Waals surface area contributed by atoms with Gasteiger partial charge in [0.15, 0.2) is 0 Å². The van der Waals surface area contributed by atoms with E-state index in [9.17, 15) is 9.59 Å². The number of hydrogen-bond acceptors (Lipinski definition) is 6. The molecular formula is C12H18N2O4S. The van der Waals surface area contributed by atoms with E-state index in [4.69, 9.17) is 9.47 Å². The topological polar surface area (TPSA) is 68.7 Å². The van der Waals surface area contributed by atoms with Gasteiger partial charge >= 0.3 is 5.97 Å². The molecule has 0 saturated carbocycles. The number of thiazole rings is 1. The van der Waals surface area contributed by atoms with Crippen molar-refractivity contribution in [3.05, 3.63) is 16.1 Å². The van der Waals surface area contributed by atoms with Crippen molar-refractivity contribution in [2.24, 2.45) is 0 Å². The standard InChI is InChI=1S/C12H18N2O4S/c1-4-17-7-6-14(3)11(15)9-8-19-10(13-9)12(16)18-5-2/h8H,4-7H2,1-3H3. The van der Waals surface area contributed by atoms with Crippen molar-refractivity contribution in [1.29, 1.82) is 0 Å². The molecule has 1 aromatic rings.